The van der Waals surface area contributed by atoms with E-state index in [-0.39, 0.29) is 11.7 Å². The summed E-state index contributed by atoms with van der Waals surface area (Å²) in [6.07, 6.45) is 3.21. The zero-order valence-electron chi connectivity index (χ0n) is 9.23. The Balaban J connectivity index is 2.49. The van der Waals surface area contributed by atoms with Crippen LogP contribution in [0.3, 0.4) is 0 Å². The molecule has 1 amide bonds. The second-order valence-corrected chi connectivity index (χ2v) is 3.14. The molecular formula is C11H11N3O3. The van der Waals surface area contributed by atoms with Gasteiger partial charge in [-0.05, 0) is 0 Å². The van der Waals surface area contributed by atoms with Gasteiger partial charge in [-0.1, -0.05) is 11.8 Å². The minimum atomic E-state index is -1.17. The zero-order valence-corrected chi connectivity index (χ0v) is 9.23. The Morgan fingerprint density at radius 2 is 2.06 bits per heavy atom. The lowest BCUT2D eigenvalue weighted by molar-refractivity contribution is -0.118. The van der Waals surface area contributed by atoms with E-state index in [1.165, 1.54) is 19.3 Å². The van der Waals surface area contributed by atoms with Crippen LogP contribution in [-0.2, 0) is 4.79 Å². The van der Waals surface area contributed by atoms with Gasteiger partial charge in [-0.15, -0.1) is 0 Å². The smallest absolute Gasteiger partial charge is 0.373 e. The van der Waals surface area contributed by atoms with Crippen molar-refractivity contribution < 1.29 is 14.7 Å². The van der Waals surface area contributed by atoms with Crippen molar-refractivity contribution in [3.63, 3.8) is 0 Å². The van der Waals surface area contributed by atoms with Gasteiger partial charge in [0.2, 0.25) is 11.7 Å². The Labute approximate surface area is 98.1 Å². The first-order valence-corrected chi connectivity index (χ1v) is 4.88. The molecule has 6 heteroatoms. The molecule has 0 saturated heterocycles. The fourth-order valence-electron chi connectivity index (χ4n) is 0.969. The minimum Gasteiger partial charge on any atom is -0.475 e. The molecule has 88 valence electrons. The molecule has 0 aliphatic heterocycles. The maximum atomic E-state index is 10.5. The van der Waals surface area contributed by atoms with Gasteiger partial charge in [0, 0.05) is 32.3 Å². The number of carbonyl (C=O) groups is 2. The molecule has 0 aliphatic carbocycles. The summed E-state index contributed by atoms with van der Waals surface area (Å²) in [5.74, 6) is 4.06. The molecule has 0 spiro atoms. The molecule has 0 bridgehead atoms. The average Bonchev–Trinajstić information content (AvgIpc) is 2.29. The second-order valence-electron chi connectivity index (χ2n) is 3.14. The van der Waals surface area contributed by atoms with Crippen molar-refractivity contribution in [2.75, 3.05) is 6.54 Å². The number of carbonyl (C=O) groups excluding carboxylic acids is 1. The van der Waals surface area contributed by atoms with E-state index in [1.807, 2.05) is 0 Å². The molecule has 17 heavy (non-hydrogen) atoms. The van der Waals surface area contributed by atoms with E-state index in [1.54, 1.807) is 0 Å². The first kappa shape index (κ1) is 12.6. The third-order valence-electron chi connectivity index (χ3n) is 1.70. The van der Waals surface area contributed by atoms with Gasteiger partial charge >= 0.3 is 5.97 Å². The SMILES string of the molecule is CC(=O)NCCC#Cc1cnc(C(=O)O)nc1. The number of hydrogen-bond donors (Lipinski definition) is 2. The number of nitrogens with one attached hydrogen (secondary N) is 1. The van der Waals surface area contributed by atoms with Crippen LogP contribution >= 0.6 is 0 Å². The highest BCUT2D eigenvalue weighted by Gasteiger charge is 2.03. The van der Waals surface area contributed by atoms with E-state index in [4.69, 9.17) is 5.11 Å². The van der Waals surface area contributed by atoms with Crippen LogP contribution < -0.4 is 5.32 Å². The van der Waals surface area contributed by atoms with Crippen LogP contribution in [0.5, 0.6) is 0 Å². The highest BCUT2D eigenvalue weighted by Crippen LogP contribution is 1.94. The molecule has 1 rings (SSSR count). The van der Waals surface area contributed by atoms with Crippen molar-refractivity contribution in [3.05, 3.63) is 23.8 Å². The number of aromatic carboxylic acids is 1. The molecule has 0 radical (unpaired) electrons. The van der Waals surface area contributed by atoms with Crippen molar-refractivity contribution in [1.82, 2.24) is 15.3 Å². The zero-order chi connectivity index (χ0) is 12.7. The summed E-state index contributed by atoms with van der Waals surface area (Å²) in [6, 6.07) is 0. The molecule has 2 N–H and O–H groups in total. The van der Waals surface area contributed by atoms with Crippen LogP contribution in [-0.4, -0.2) is 33.5 Å². The van der Waals surface area contributed by atoms with Gasteiger partial charge in [0.05, 0.1) is 5.56 Å². The summed E-state index contributed by atoms with van der Waals surface area (Å²) < 4.78 is 0. The molecule has 0 aromatic carbocycles. The molecule has 0 aliphatic rings. The van der Waals surface area contributed by atoms with E-state index in [9.17, 15) is 9.59 Å². The number of amides is 1. The van der Waals surface area contributed by atoms with Crippen LogP contribution in [0, 0.1) is 11.8 Å². The molecular weight excluding hydrogens is 222 g/mol. The molecule has 6 nitrogen and oxygen atoms in total. The largest absolute Gasteiger partial charge is 0.475 e. The first-order valence-electron chi connectivity index (χ1n) is 4.88. The molecule has 0 saturated carbocycles. The van der Waals surface area contributed by atoms with Gasteiger partial charge in [-0.2, -0.15) is 0 Å². The van der Waals surface area contributed by atoms with Gasteiger partial charge in [0.15, 0.2) is 0 Å². The number of carboxylic acids is 1. The quantitative estimate of drug-likeness (QED) is 0.568. The third-order valence-corrected chi connectivity index (χ3v) is 1.70. The fraction of sp³-hybridized carbons (Fsp3) is 0.273. The van der Waals surface area contributed by atoms with Crippen LogP contribution in [0.4, 0.5) is 0 Å². The Hall–Kier alpha value is -2.42. The predicted molar refractivity (Wildman–Crippen MR) is 59.2 cm³/mol. The number of nitrogens with zero attached hydrogens (tertiary/aromatic N) is 2. The molecule has 1 heterocycles. The van der Waals surface area contributed by atoms with Crippen molar-refractivity contribution >= 4 is 11.9 Å². The Morgan fingerprint density at radius 1 is 1.41 bits per heavy atom. The van der Waals surface area contributed by atoms with Gasteiger partial charge in [0.1, 0.15) is 0 Å². The van der Waals surface area contributed by atoms with Crippen molar-refractivity contribution in [1.29, 1.82) is 0 Å². The predicted octanol–water partition coefficient (Wildman–Crippen LogP) is 0.0525. The minimum absolute atomic E-state index is 0.0963. The van der Waals surface area contributed by atoms with Crippen molar-refractivity contribution in [3.8, 4) is 11.8 Å². The average molecular weight is 233 g/mol. The molecule has 0 atom stereocenters. The number of rotatable bonds is 3. The summed E-state index contributed by atoms with van der Waals surface area (Å²) in [6.45, 7) is 1.92. The summed E-state index contributed by atoms with van der Waals surface area (Å²) in [5, 5.41) is 11.2. The van der Waals surface area contributed by atoms with E-state index < -0.39 is 5.97 Å². The van der Waals surface area contributed by atoms with Crippen molar-refractivity contribution in [2.45, 2.75) is 13.3 Å². The number of aromatic nitrogens is 2. The molecule has 1 aromatic heterocycles. The van der Waals surface area contributed by atoms with Gasteiger partial charge in [-0.25, -0.2) is 14.8 Å². The van der Waals surface area contributed by atoms with Crippen LogP contribution in [0.1, 0.15) is 29.5 Å². The first-order chi connectivity index (χ1) is 8.09. The van der Waals surface area contributed by atoms with Gasteiger partial charge in [0.25, 0.3) is 0 Å². The van der Waals surface area contributed by atoms with Crippen LogP contribution in [0.15, 0.2) is 12.4 Å². The van der Waals surface area contributed by atoms with Crippen molar-refractivity contribution in [2.24, 2.45) is 0 Å². The summed E-state index contributed by atoms with van der Waals surface area (Å²) in [4.78, 5) is 28.3. The maximum Gasteiger partial charge on any atom is 0.373 e. The standard InChI is InChI=1S/C11H11N3O3/c1-8(15)12-5-3-2-4-9-6-13-10(11(16)17)14-7-9/h6-7H,3,5H2,1H3,(H,12,15)(H,16,17). The molecule has 0 fully saturated rings. The Kier molecular flexibility index (Phi) is 4.63. The van der Waals surface area contributed by atoms with Crippen LogP contribution in [0.2, 0.25) is 0 Å². The van der Waals surface area contributed by atoms with Gasteiger partial charge < -0.3 is 10.4 Å². The summed E-state index contributed by atoms with van der Waals surface area (Å²) >= 11 is 0. The fourth-order valence-corrected chi connectivity index (χ4v) is 0.969. The van der Waals surface area contributed by atoms with E-state index in [0.717, 1.165) is 0 Å². The van der Waals surface area contributed by atoms with E-state index in [2.05, 4.69) is 27.1 Å². The number of carboxylic acid groups (broad SMARTS) is 1. The maximum absolute atomic E-state index is 10.5. The summed E-state index contributed by atoms with van der Waals surface area (Å²) in [5.41, 5.74) is 0.540. The van der Waals surface area contributed by atoms with Crippen LogP contribution in [0.25, 0.3) is 0 Å². The van der Waals surface area contributed by atoms with E-state index >= 15 is 0 Å². The van der Waals surface area contributed by atoms with E-state index in [0.29, 0.717) is 18.5 Å². The Bertz CT molecular complexity index is 471. The van der Waals surface area contributed by atoms with Gasteiger partial charge in [-0.3, -0.25) is 4.79 Å². The third kappa shape index (κ3) is 4.75. The highest BCUT2D eigenvalue weighted by atomic mass is 16.4. The lowest BCUT2D eigenvalue weighted by Crippen LogP contribution is -2.20. The normalized spacial score (nSPS) is 9.00. The lowest BCUT2D eigenvalue weighted by atomic mass is 10.3. The topological polar surface area (TPSA) is 92.2 Å². The number of hydrogen-bond acceptors (Lipinski definition) is 4. The molecule has 1 aromatic rings. The second kappa shape index (κ2) is 6.23. The Morgan fingerprint density at radius 3 is 2.59 bits per heavy atom. The highest BCUT2D eigenvalue weighted by molar-refractivity contribution is 5.82. The monoisotopic (exact) mass is 233 g/mol. The lowest BCUT2D eigenvalue weighted by Gasteiger charge is -1.95. The summed E-state index contributed by atoms with van der Waals surface area (Å²) in [7, 11) is 0. The molecule has 0 unspecified atom stereocenters.